The summed E-state index contributed by atoms with van der Waals surface area (Å²) in [5.41, 5.74) is 0.00179. The maximum atomic E-state index is 12.4. The number of amides is 1. The highest BCUT2D eigenvalue weighted by Crippen LogP contribution is 2.30. The van der Waals surface area contributed by atoms with E-state index in [-0.39, 0.29) is 6.54 Å². The Morgan fingerprint density at radius 3 is 2.30 bits per heavy atom. The molecule has 2 aromatic rings. The lowest BCUT2D eigenvalue weighted by molar-refractivity contribution is -0.137. The molecule has 0 aliphatic rings. The third-order valence-electron chi connectivity index (χ3n) is 2.87. The summed E-state index contributed by atoms with van der Waals surface area (Å²) in [4.78, 5) is 11.8. The highest BCUT2D eigenvalue weighted by molar-refractivity contribution is 6.35. The first-order valence-electron chi connectivity index (χ1n) is 6.42. The Balaban J connectivity index is 1.93. The third kappa shape index (κ3) is 5.04. The SMILES string of the molecule is O=C(CNc1ccc(C(F)(F)F)cc1)Nc1cc(Cl)ccc1Cl. The Morgan fingerprint density at radius 1 is 1.04 bits per heavy atom. The van der Waals surface area contributed by atoms with Gasteiger partial charge in [0.15, 0.2) is 0 Å². The van der Waals surface area contributed by atoms with Crippen molar-refractivity contribution in [2.45, 2.75) is 6.18 Å². The Kier molecular flexibility index (Phi) is 5.38. The molecule has 0 saturated heterocycles. The fourth-order valence-corrected chi connectivity index (χ4v) is 2.08. The van der Waals surface area contributed by atoms with Crippen LogP contribution < -0.4 is 10.6 Å². The lowest BCUT2D eigenvalue weighted by atomic mass is 10.2. The molecule has 3 nitrogen and oxygen atoms in total. The lowest BCUT2D eigenvalue weighted by Crippen LogP contribution is -2.22. The minimum absolute atomic E-state index is 0.131. The van der Waals surface area contributed by atoms with Crippen molar-refractivity contribution < 1.29 is 18.0 Å². The van der Waals surface area contributed by atoms with E-state index in [9.17, 15) is 18.0 Å². The zero-order valence-electron chi connectivity index (χ0n) is 11.5. The average Bonchev–Trinajstić information content (AvgIpc) is 2.48. The molecule has 0 unspecified atom stereocenters. The van der Waals surface area contributed by atoms with Crippen LogP contribution in [0.2, 0.25) is 10.0 Å². The fraction of sp³-hybridized carbons (Fsp3) is 0.133. The van der Waals surface area contributed by atoms with Crippen LogP contribution in [0, 0.1) is 0 Å². The van der Waals surface area contributed by atoms with Gasteiger partial charge in [-0.3, -0.25) is 4.79 Å². The van der Waals surface area contributed by atoms with Crippen molar-refractivity contribution in [3.8, 4) is 0 Å². The standard InChI is InChI=1S/C15H11Cl2F3N2O/c16-10-3-6-12(17)13(7-10)22-14(23)8-21-11-4-1-9(2-5-11)15(18,19)20/h1-7,21H,8H2,(H,22,23). The molecule has 0 radical (unpaired) electrons. The zero-order valence-corrected chi connectivity index (χ0v) is 13.1. The predicted molar refractivity (Wildman–Crippen MR) is 85.0 cm³/mol. The van der Waals surface area contributed by atoms with Crippen LogP contribution in [0.15, 0.2) is 42.5 Å². The molecule has 8 heteroatoms. The molecule has 122 valence electrons. The van der Waals surface area contributed by atoms with Gasteiger partial charge >= 0.3 is 6.18 Å². The number of carbonyl (C=O) groups excluding carboxylic acids is 1. The van der Waals surface area contributed by atoms with E-state index < -0.39 is 17.6 Å². The Morgan fingerprint density at radius 2 is 1.70 bits per heavy atom. The van der Waals surface area contributed by atoms with Gasteiger partial charge in [-0.05, 0) is 42.5 Å². The van der Waals surface area contributed by atoms with Crippen LogP contribution in [0.1, 0.15) is 5.56 Å². The second kappa shape index (κ2) is 7.10. The minimum atomic E-state index is -4.39. The van der Waals surface area contributed by atoms with Crippen molar-refractivity contribution in [1.29, 1.82) is 0 Å². The number of anilines is 2. The summed E-state index contributed by atoms with van der Waals surface area (Å²) in [6, 6.07) is 9.01. The molecule has 2 rings (SSSR count). The molecule has 23 heavy (non-hydrogen) atoms. The van der Waals surface area contributed by atoms with Crippen molar-refractivity contribution in [2.75, 3.05) is 17.2 Å². The lowest BCUT2D eigenvalue weighted by Gasteiger charge is -2.11. The summed E-state index contributed by atoms with van der Waals surface area (Å²) in [5, 5.41) is 6.03. The van der Waals surface area contributed by atoms with Crippen LogP contribution in [0.25, 0.3) is 0 Å². The molecule has 2 N–H and O–H groups in total. The summed E-state index contributed by atoms with van der Waals surface area (Å²) < 4.78 is 37.3. The summed E-state index contributed by atoms with van der Waals surface area (Å²) in [6.45, 7) is -0.131. The first kappa shape index (κ1) is 17.4. The number of alkyl halides is 3. The molecule has 0 aromatic heterocycles. The quantitative estimate of drug-likeness (QED) is 0.797. The minimum Gasteiger partial charge on any atom is -0.376 e. The molecule has 0 aliphatic heterocycles. The fourth-order valence-electron chi connectivity index (χ4n) is 1.75. The Labute approximate surface area is 140 Å². The van der Waals surface area contributed by atoms with E-state index in [2.05, 4.69) is 10.6 Å². The Bertz CT molecular complexity index is 703. The van der Waals surface area contributed by atoms with Gasteiger partial charge < -0.3 is 10.6 Å². The van der Waals surface area contributed by atoms with Gasteiger partial charge in [0.05, 0.1) is 22.8 Å². The van der Waals surface area contributed by atoms with Gasteiger partial charge in [0, 0.05) is 10.7 Å². The maximum absolute atomic E-state index is 12.4. The Hall–Kier alpha value is -1.92. The van der Waals surface area contributed by atoms with E-state index >= 15 is 0 Å². The number of hydrogen-bond donors (Lipinski definition) is 2. The number of rotatable bonds is 4. The molecule has 1 amide bonds. The predicted octanol–water partition coefficient (Wildman–Crippen LogP) is 5.06. The first-order valence-corrected chi connectivity index (χ1v) is 7.17. The highest BCUT2D eigenvalue weighted by atomic mass is 35.5. The topological polar surface area (TPSA) is 41.1 Å². The normalized spacial score (nSPS) is 11.2. The molecule has 0 heterocycles. The van der Waals surface area contributed by atoms with Crippen LogP contribution in [0.5, 0.6) is 0 Å². The van der Waals surface area contributed by atoms with Gasteiger partial charge in [0.25, 0.3) is 0 Å². The van der Waals surface area contributed by atoms with Crippen LogP contribution >= 0.6 is 23.2 Å². The second-order valence-corrected chi connectivity index (χ2v) is 5.44. The number of halogens is 5. The van der Waals surface area contributed by atoms with E-state index in [1.807, 2.05) is 0 Å². The van der Waals surface area contributed by atoms with E-state index in [0.717, 1.165) is 12.1 Å². The highest BCUT2D eigenvalue weighted by Gasteiger charge is 2.29. The van der Waals surface area contributed by atoms with E-state index in [4.69, 9.17) is 23.2 Å². The molecule has 0 fully saturated rings. The molecular formula is C15H11Cl2F3N2O. The molecule has 0 atom stereocenters. The summed E-state index contributed by atoms with van der Waals surface area (Å²) in [5.74, 6) is -0.408. The van der Waals surface area contributed by atoms with Crippen LogP contribution in [-0.2, 0) is 11.0 Å². The maximum Gasteiger partial charge on any atom is 0.416 e. The molecule has 2 aromatic carbocycles. The van der Waals surface area contributed by atoms with Gasteiger partial charge in [-0.25, -0.2) is 0 Å². The largest absolute Gasteiger partial charge is 0.416 e. The number of nitrogens with one attached hydrogen (secondary N) is 2. The monoisotopic (exact) mass is 362 g/mol. The molecule has 0 aliphatic carbocycles. The van der Waals surface area contributed by atoms with Crippen LogP contribution in [-0.4, -0.2) is 12.5 Å². The summed E-state index contributed by atoms with van der Waals surface area (Å²) in [7, 11) is 0. The molecule has 0 spiro atoms. The van der Waals surface area contributed by atoms with Crippen LogP contribution in [0.3, 0.4) is 0 Å². The molecule has 0 saturated carbocycles. The number of carbonyl (C=O) groups is 1. The van der Waals surface area contributed by atoms with Gasteiger partial charge in [0.2, 0.25) is 5.91 Å². The van der Waals surface area contributed by atoms with Crippen molar-refractivity contribution in [3.63, 3.8) is 0 Å². The van der Waals surface area contributed by atoms with E-state index in [1.165, 1.54) is 18.2 Å². The van der Waals surface area contributed by atoms with Crippen molar-refractivity contribution in [1.82, 2.24) is 0 Å². The smallest absolute Gasteiger partial charge is 0.376 e. The van der Waals surface area contributed by atoms with Crippen molar-refractivity contribution in [3.05, 3.63) is 58.1 Å². The van der Waals surface area contributed by atoms with Crippen molar-refractivity contribution in [2.24, 2.45) is 0 Å². The van der Waals surface area contributed by atoms with Gasteiger partial charge in [-0.1, -0.05) is 23.2 Å². The third-order valence-corrected chi connectivity index (χ3v) is 3.43. The summed E-state index contributed by atoms with van der Waals surface area (Å²) in [6.07, 6.45) is -4.39. The van der Waals surface area contributed by atoms with E-state index in [1.54, 1.807) is 12.1 Å². The number of hydrogen-bond acceptors (Lipinski definition) is 2. The molecular weight excluding hydrogens is 352 g/mol. The van der Waals surface area contributed by atoms with E-state index in [0.29, 0.717) is 21.4 Å². The van der Waals surface area contributed by atoms with Gasteiger partial charge in [-0.15, -0.1) is 0 Å². The van der Waals surface area contributed by atoms with Crippen molar-refractivity contribution >= 4 is 40.5 Å². The zero-order chi connectivity index (χ0) is 17.0. The molecule has 0 bridgehead atoms. The first-order chi connectivity index (χ1) is 10.8. The summed E-state index contributed by atoms with van der Waals surface area (Å²) >= 11 is 11.7. The average molecular weight is 363 g/mol. The van der Waals surface area contributed by atoms with Crippen LogP contribution in [0.4, 0.5) is 24.5 Å². The van der Waals surface area contributed by atoms with Gasteiger partial charge in [-0.2, -0.15) is 13.2 Å². The van der Waals surface area contributed by atoms with Gasteiger partial charge in [0.1, 0.15) is 0 Å². The number of benzene rings is 2. The second-order valence-electron chi connectivity index (χ2n) is 4.60.